The molecule has 3 aromatic rings. The molecule has 0 fully saturated rings. The van der Waals surface area contributed by atoms with E-state index >= 15 is 0 Å². The highest BCUT2D eigenvalue weighted by Gasteiger charge is 2.29. The van der Waals surface area contributed by atoms with Crippen molar-refractivity contribution in [3.63, 3.8) is 0 Å². The van der Waals surface area contributed by atoms with Crippen molar-refractivity contribution in [3.05, 3.63) is 89.0 Å². The number of hydrogen-bond acceptors (Lipinski definition) is 4. The van der Waals surface area contributed by atoms with Gasteiger partial charge in [0.2, 0.25) is 5.91 Å². The fourth-order valence-corrected chi connectivity index (χ4v) is 4.26. The van der Waals surface area contributed by atoms with Gasteiger partial charge in [-0.25, -0.2) is 9.59 Å². The molecule has 1 aliphatic rings. The second kappa shape index (κ2) is 9.79. The van der Waals surface area contributed by atoms with E-state index in [0.29, 0.717) is 5.69 Å². The van der Waals surface area contributed by atoms with Crippen molar-refractivity contribution < 1.29 is 24.2 Å². The Morgan fingerprint density at radius 2 is 1.59 bits per heavy atom. The van der Waals surface area contributed by atoms with Crippen LogP contribution in [0.1, 0.15) is 46.3 Å². The molecule has 4 rings (SSSR count). The van der Waals surface area contributed by atoms with E-state index < -0.39 is 18.1 Å². The molecular formula is C27H26N2O5. The molecule has 1 atom stereocenters. The van der Waals surface area contributed by atoms with E-state index in [2.05, 4.69) is 34.9 Å². The topological polar surface area (TPSA) is 105 Å². The number of fused-ring (bicyclic) bond motifs is 3. The summed E-state index contributed by atoms with van der Waals surface area (Å²) in [6.45, 7) is 3.68. The molecule has 7 nitrogen and oxygen atoms in total. The van der Waals surface area contributed by atoms with Gasteiger partial charge >= 0.3 is 12.1 Å². The van der Waals surface area contributed by atoms with Crippen molar-refractivity contribution in [3.8, 4) is 11.1 Å². The number of carbonyl (C=O) groups is 3. The number of alkyl carbamates (subject to hydrolysis) is 1. The Balaban J connectivity index is 1.31. The van der Waals surface area contributed by atoms with Gasteiger partial charge in [-0.1, -0.05) is 54.6 Å². The number of carboxylic acid groups (broad SMARTS) is 1. The second-order valence-corrected chi connectivity index (χ2v) is 8.46. The average molecular weight is 459 g/mol. The van der Waals surface area contributed by atoms with E-state index in [0.717, 1.165) is 27.8 Å². The van der Waals surface area contributed by atoms with Gasteiger partial charge in [0.25, 0.3) is 0 Å². The third-order valence-corrected chi connectivity index (χ3v) is 5.96. The lowest BCUT2D eigenvalue weighted by atomic mass is 9.98. The molecule has 0 saturated carbocycles. The zero-order valence-electron chi connectivity index (χ0n) is 19.0. The zero-order chi connectivity index (χ0) is 24.2. The predicted octanol–water partition coefficient (Wildman–Crippen LogP) is 4.95. The number of nitrogens with one attached hydrogen (secondary N) is 2. The average Bonchev–Trinajstić information content (AvgIpc) is 3.12. The Labute approximate surface area is 197 Å². The summed E-state index contributed by atoms with van der Waals surface area (Å²) in [5.74, 6) is -1.45. The normalized spacial score (nSPS) is 12.9. The standard InChI is InChI=1S/C27H26N2O5/c1-16-11-12-18(26(31)32)14-24(16)29-25(30)13-17(2)28-27(33)34-15-23-21-9-5-3-7-19(21)20-8-4-6-10-22(20)23/h3-12,14,17,23H,13,15H2,1-2H3,(H,28,33)(H,29,30)(H,31,32)/t17-/m0/s1. The van der Waals surface area contributed by atoms with E-state index in [-0.39, 0.29) is 30.4 Å². The first-order chi connectivity index (χ1) is 16.3. The Bertz CT molecular complexity index is 1210. The van der Waals surface area contributed by atoms with Crippen molar-refractivity contribution in [2.75, 3.05) is 11.9 Å². The molecule has 3 aromatic carbocycles. The molecule has 0 heterocycles. The summed E-state index contributed by atoms with van der Waals surface area (Å²) in [6, 6.07) is 20.3. The third-order valence-electron chi connectivity index (χ3n) is 5.96. The molecule has 34 heavy (non-hydrogen) atoms. The van der Waals surface area contributed by atoms with Gasteiger partial charge < -0.3 is 20.5 Å². The van der Waals surface area contributed by atoms with E-state index in [1.165, 1.54) is 12.1 Å². The number of ether oxygens (including phenoxy) is 1. The van der Waals surface area contributed by atoms with Gasteiger partial charge in [0, 0.05) is 24.1 Å². The van der Waals surface area contributed by atoms with Crippen LogP contribution < -0.4 is 10.6 Å². The van der Waals surface area contributed by atoms with Crippen LogP contribution in [0.5, 0.6) is 0 Å². The quantitative estimate of drug-likeness (QED) is 0.465. The van der Waals surface area contributed by atoms with E-state index in [9.17, 15) is 14.4 Å². The molecule has 7 heteroatoms. The van der Waals surface area contributed by atoms with E-state index in [1.54, 1.807) is 19.9 Å². The second-order valence-electron chi connectivity index (χ2n) is 8.46. The molecule has 3 N–H and O–H groups in total. The minimum Gasteiger partial charge on any atom is -0.478 e. The molecule has 0 bridgehead atoms. The first kappa shape index (κ1) is 23.0. The van der Waals surface area contributed by atoms with Gasteiger partial charge in [-0.2, -0.15) is 0 Å². The number of aromatic carboxylic acids is 1. The maximum Gasteiger partial charge on any atom is 0.407 e. The van der Waals surface area contributed by atoms with Gasteiger partial charge in [-0.3, -0.25) is 4.79 Å². The van der Waals surface area contributed by atoms with Crippen LogP contribution in [0.2, 0.25) is 0 Å². The van der Waals surface area contributed by atoms with Crippen molar-refractivity contribution in [1.82, 2.24) is 5.32 Å². The Hall–Kier alpha value is -4.13. The molecule has 0 unspecified atom stereocenters. The Kier molecular flexibility index (Phi) is 6.63. The van der Waals surface area contributed by atoms with Crippen LogP contribution in [0, 0.1) is 6.92 Å². The summed E-state index contributed by atoms with van der Waals surface area (Å²) in [7, 11) is 0. The number of anilines is 1. The first-order valence-corrected chi connectivity index (χ1v) is 11.1. The van der Waals surface area contributed by atoms with Crippen LogP contribution in [0.3, 0.4) is 0 Å². The summed E-state index contributed by atoms with van der Waals surface area (Å²) < 4.78 is 5.52. The van der Waals surface area contributed by atoms with E-state index in [4.69, 9.17) is 9.84 Å². The summed E-state index contributed by atoms with van der Waals surface area (Å²) in [6.07, 6.45) is -0.577. The molecule has 0 spiro atoms. The predicted molar refractivity (Wildman–Crippen MR) is 129 cm³/mol. The summed E-state index contributed by atoms with van der Waals surface area (Å²) in [4.78, 5) is 36.0. The van der Waals surface area contributed by atoms with Gasteiger partial charge in [0.05, 0.1) is 5.56 Å². The summed E-state index contributed by atoms with van der Waals surface area (Å²) >= 11 is 0. The molecule has 0 radical (unpaired) electrons. The monoisotopic (exact) mass is 458 g/mol. The number of amides is 2. The molecule has 0 aromatic heterocycles. The summed E-state index contributed by atoms with van der Waals surface area (Å²) in [5.41, 5.74) is 5.82. The maximum absolute atomic E-state index is 12.4. The third kappa shape index (κ3) is 4.93. The number of carbonyl (C=O) groups excluding carboxylic acids is 2. The molecule has 0 saturated heterocycles. The SMILES string of the molecule is Cc1ccc(C(=O)O)cc1NC(=O)C[C@H](C)NC(=O)OCC1c2ccccc2-c2ccccc21. The lowest BCUT2D eigenvalue weighted by Crippen LogP contribution is -2.36. The molecule has 2 amide bonds. The molecule has 0 aliphatic heterocycles. The van der Waals surface area contributed by atoms with Crippen molar-refractivity contribution in [1.29, 1.82) is 0 Å². The highest BCUT2D eigenvalue weighted by atomic mass is 16.5. The Morgan fingerprint density at radius 1 is 0.971 bits per heavy atom. The zero-order valence-corrected chi connectivity index (χ0v) is 19.0. The number of hydrogen-bond donors (Lipinski definition) is 3. The van der Waals surface area contributed by atoms with E-state index in [1.807, 2.05) is 24.3 Å². The molecular weight excluding hydrogens is 432 g/mol. The Morgan fingerprint density at radius 3 is 2.21 bits per heavy atom. The van der Waals surface area contributed by atoms with Crippen LogP contribution in [0.15, 0.2) is 66.7 Å². The van der Waals surface area contributed by atoms with Crippen LogP contribution in [-0.2, 0) is 9.53 Å². The number of benzene rings is 3. The van der Waals surface area contributed by atoms with Crippen molar-refractivity contribution in [2.45, 2.75) is 32.2 Å². The van der Waals surface area contributed by atoms with Crippen LogP contribution in [0.4, 0.5) is 10.5 Å². The van der Waals surface area contributed by atoms with Crippen molar-refractivity contribution in [2.24, 2.45) is 0 Å². The van der Waals surface area contributed by atoms with Crippen LogP contribution in [0.25, 0.3) is 11.1 Å². The van der Waals surface area contributed by atoms with Gasteiger partial charge in [0.15, 0.2) is 0 Å². The van der Waals surface area contributed by atoms with Crippen LogP contribution >= 0.6 is 0 Å². The van der Waals surface area contributed by atoms with Crippen LogP contribution in [-0.4, -0.2) is 35.7 Å². The fraction of sp³-hybridized carbons (Fsp3) is 0.222. The van der Waals surface area contributed by atoms with Crippen molar-refractivity contribution >= 4 is 23.7 Å². The largest absolute Gasteiger partial charge is 0.478 e. The summed E-state index contributed by atoms with van der Waals surface area (Å²) in [5, 5.41) is 14.6. The van der Waals surface area contributed by atoms with Gasteiger partial charge in [0.1, 0.15) is 6.61 Å². The van der Waals surface area contributed by atoms with Gasteiger partial charge in [-0.05, 0) is 53.8 Å². The smallest absolute Gasteiger partial charge is 0.407 e. The minimum atomic E-state index is -1.07. The fourth-order valence-electron chi connectivity index (χ4n) is 4.26. The van der Waals surface area contributed by atoms with Gasteiger partial charge in [-0.15, -0.1) is 0 Å². The highest BCUT2D eigenvalue weighted by molar-refractivity contribution is 5.95. The highest BCUT2D eigenvalue weighted by Crippen LogP contribution is 2.44. The lowest BCUT2D eigenvalue weighted by molar-refractivity contribution is -0.116. The number of rotatable bonds is 7. The number of aryl methyl sites for hydroxylation is 1. The minimum absolute atomic E-state index is 0.0148. The first-order valence-electron chi connectivity index (χ1n) is 11.1. The number of carboxylic acids is 1. The molecule has 174 valence electrons. The maximum atomic E-state index is 12.4. The lowest BCUT2D eigenvalue weighted by Gasteiger charge is -2.17. The molecule has 1 aliphatic carbocycles.